The molecule has 1 aliphatic heterocycles. The van der Waals surface area contributed by atoms with Gasteiger partial charge in [-0.25, -0.2) is 0 Å². The van der Waals surface area contributed by atoms with Gasteiger partial charge in [0.1, 0.15) is 24.4 Å². The van der Waals surface area contributed by atoms with Crippen molar-refractivity contribution in [1.29, 1.82) is 0 Å². The first-order valence-electron chi connectivity index (χ1n) is 9.57. The number of aliphatic hydroxyl groups is 6. The molecule has 1 fully saturated rings. The van der Waals surface area contributed by atoms with Gasteiger partial charge < -0.3 is 49.6 Å². The number of ether oxygens (including phenoxy) is 4. The molecule has 29 heavy (non-hydrogen) atoms. The van der Waals surface area contributed by atoms with Crippen LogP contribution in [0.25, 0.3) is 0 Å². The minimum Gasteiger partial charge on any atom is -0.394 e. The fourth-order valence-corrected chi connectivity index (χ4v) is 3.26. The summed E-state index contributed by atoms with van der Waals surface area (Å²) in [6.45, 7) is 1.19. The second kappa shape index (κ2) is 14.4. The first-order chi connectivity index (χ1) is 13.8. The Morgan fingerprint density at radius 1 is 1.00 bits per heavy atom. The van der Waals surface area contributed by atoms with Crippen LogP contribution >= 0.6 is 25.3 Å². The van der Waals surface area contributed by atoms with Gasteiger partial charge in [-0.1, -0.05) is 6.42 Å². The zero-order chi connectivity index (χ0) is 22.0. The van der Waals surface area contributed by atoms with E-state index in [9.17, 15) is 30.6 Å². The average Bonchev–Trinajstić information content (AvgIpc) is 2.70. The first-order valence-corrected chi connectivity index (χ1v) is 10.8. The van der Waals surface area contributed by atoms with Crippen molar-refractivity contribution in [2.75, 3.05) is 24.7 Å². The second-order valence-corrected chi connectivity index (χ2v) is 7.65. The number of unbranched alkanes of at least 4 members (excludes halogenated alkanes) is 2. The van der Waals surface area contributed by atoms with Crippen molar-refractivity contribution in [1.82, 2.24) is 0 Å². The van der Waals surface area contributed by atoms with Gasteiger partial charge in [0.25, 0.3) is 0 Å². The van der Waals surface area contributed by atoms with Crippen LogP contribution in [0, 0.1) is 0 Å². The fraction of sp³-hybridized carbons (Fsp3) is 1.00. The quantitative estimate of drug-likeness (QED) is 0.0846. The van der Waals surface area contributed by atoms with Crippen LogP contribution in [0.1, 0.15) is 26.2 Å². The van der Waals surface area contributed by atoms with Crippen molar-refractivity contribution in [3.05, 3.63) is 0 Å². The third-order valence-corrected chi connectivity index (χ3v) is 5.21. The molecule has 0 aromatic carbocycles. The highest BCUT2D eigenvalue weighted by molar-refractivity contribution is 7.80. The molecule has 0 radical (unpaired) electrons. The molecule has 0 aliphatic carbocycles. The Kier molecular flexibility index (Phi) is 13.6. The zero-order valence-electron chi connectivity index (χ0n) is 16.4. The van der Waals surface area contributed by atoms with Gasteiger partial charge in [-0.3, -0.25) is 0 Å². The van der Waals surface area contributed by atoms with Crippen molar-refractivity contribution in [3.63, 3.8) is 0 Å². The summed E-state index contributed by atoms with van der Waals surface area (Å²) in [4.78, 5) is 0. The van der Waals surface area contributed by atoms with Crippen LogP contribution in [-0.4, -0.2) is 111 Å². The number of hydrogen-bond acceptors (Lipinski definition) is 12. The maximum absolute atomic E-state index is 10.1. The summed E-state index contributed by atoms with van der Waals surface area (Å²) in [6, 6.07) is 0. The summed E-state index contributed by atoms with van der Waals surface area (Å²) in [5.41, 5.74) is 0. The van der Waals surface area contributed by atoms with E-state index >= 15 is 0 Å². The SMILES string of the molecule is CC(OC1OC(CS)C(O)C(O)C1O)C(CO)OC(OCCCCCS)C(O)O. The molecule has 6 N–H and O–H groups in total. The molecule has 12 heteroatoms. The van der Waals surface area contributed by atoms with E-state index in [1.165, 1.54) is 6.92 Å². The van der Waals surface area contributed by atoms with E-state index in [0.29, 0.717) is 6.42 Å². The van der Waals surface area contributed by atoms with Crippen LogP contribution in [0.3, 0.4) is 0 Å². The van der Waals surface area contributed by atoms with Gasteiger partial charge in [-0.2, -0.15) is 25.3 Å². The maximum atomic E-state index is 10.1. The smallest absolute Gasteiger partial charge is 0.209 e. The van der Waals surface area contributed by atoms with Crippen LogP contribution in [0.15, 0.2) is 0 Å². The molecule has 1 heterocycles. The minimum atomic E-state index is -1.94. The lowest BCUT2D eigenvalue weighted by molar-refractivity contribution is -0.324. The molecule has 0 bridgehead atoms. The molecule has 0 aromatic rings. The number of hydrogen-bond donors (Lipinski definition) is 8. The lowest BCUT2D eigenvalue weighted by Crippen LogP contribution is -2.59. The topological polar surface area (TPSA) is 158 Å². The monoisotopic (exact) mass is 462 g/mol. The standard InChI is InChI=1S/C17H34O10S2/c1-9(25-16-14(21)13(20)12(19)11(8-29)27-16)10(7-18)26-17(15(22)23)24-5-3-2-4-6-28/h9-23,28-29H,2-8H2,1H3. The Hall–Kier alpha value is 0.300. The highest BCUT2D eigenvalue weighted by Gasteiger charge is 2.45. The molecule has 10 nitrogen and oxygen atoms in total. The van der Waals surface area contributed by atoms with Crippen LogP contribution in [0.2, 0.25) is 0 Å². The number of thiol groups is 2. The number of rotatable bonds is 14. The van der Waals surface area contributed by atoms with E-state index in [1.807, 2.05) is 0 Å². The Bertz CT molecular complexity index is 431. The first kappa shape index (κ1) is 27.3. The zero-order valence-corrected chi connectivity index (χ0v) is 18.1. The third kappa shape index (κ3) is 8.75. The van der Waals surface area contributed by atoms with Gasteiger partial charge in [0, 0.05) is 12.4 Å². The van der Waals surface area contributed by atoms with Crippen molar-refractivity contribution >= 4 is 25.3 Å². The van der Waals surface area contributed by atoms with Gasteiger partial charge in [0.15, 0.2) is 6.29 Å². The summed E-state index contributed by atoms with van der Waals surface area (Å²) in [5.74, 6) is 0.831. The number of aliphatic hydroxyl groups excluding tert-OH is 5. The summed E-state index contributed by atoms with van der Waals surface area (Å²) in [7, 11) is 0. The van der Waals surface area contributed by atoms with Crippen molar-refractivity contribution in [3.8, 4) is 0 Å². The average molecular weight is 463 g/mol. The predicted octanol–water partition coefficient (Wildman–Crippen LogP) is -1.74. The van der Waals surface area contributed by atoms with Crippen molar-refractivity contribution in [2.45, 2.75) is 81.7 Å². The molecule has 0 saturated carbocycles. The third-order valence-electron chi connectivity index (χ3n) is 4.54. The van der Waals surface area contributed by atoms with Gasteiger partial charge in [-0.05, 0) is 25.5 Å². The van der Waals surface area contributed by atoms with Gasteiger partial charge in [-0.15, -0.1) is 0 Å². The van der Waals surface area contributed by atoms with E-state index in [-0.39, 0.29) is 12.4 Å². The van der Waals surface area contributed by atoms with Crippen LogP contribution in [-0.2, 0) is 18.9 Å². The highest BCUT2D eigenvalue weighted by atomic mass is 32.1. The fourth-order valence-electron chi connectivity index (χ4n) is 2.74. The molecule has 0 amide bonds. The van der Waals surface area contributed by atoms with Gasteiger partial charge >= 0.3 is 0 Å². The lowest BCUT2D eigenvalue weighted by Gasteiger charge is -2.41. The van der Waals surface area contributed by atoms with Crippen molar-refractivity contribution in [2.24, 2.45) is 0 Å². The van der Waals surface area contributed by atoms with Gasteiger partial charge in [0.05, 0.1) is 18.8 Å². The van der Waals surface area contributed by atoms with Crippen LogP contribution in [0.5, 0.6) is 0 Å². The van der Waals surface area contributed by atoms with E-state index in [0.717, 1.165) is 18.6 Å². The summed E-state index contributed by atoms with van der Waals surface area (Å²) >= 11 is 8.14. The Balaban J connectivity index is 2.62. The van der Waals surface area contributed by atoms with Crippen LogP contribution < -0.4 is 0 Å². The molecule has 8 unspecified atom stereocenters. The molecule has 1 aliphatic rings. The molecule has 1 saturated heterocycles. The van der Waals surface area contributed by atoms with Crippen LogP contribution in [0.4, 0.5) is 0 Å². The normalized spacial score (nSPS) is 31.0. The molecule has 0 aromatic heterocycles. The molecular formula is C17H34O10S2. The van der Waals surface area contributed by atoms with E-state index in [4.69, 9.17) is 18.9 Å². The molecule has 0 spiro atoms. The summed E-state index contributed by atoms with van der Waals surface area (Å²) in [5, 5.41) is 58.4. The van der Waals surface area contributed by atoms with Crippen molar-refractivity contribution < 1.29 is 49.6 Å². The second-order valence-electron chi connectivity index (χ2n) is 6.83. The molecule has 8 atom stereocenters. The van der Waals surface area contributed by atoms with E-state index < -0.39 is 62.1 Å². The molecule has 174 valence electrons. The Morgan fingerprint density at radius 3 is 2.24 bits per heavy atom. The summed E-state index contributed by atoms with van der Waals surface area (Å²) < 4.78 is 21.7. The Morgan fingerprint density at radius 2 is 1.69 bits per heavy atom. The predicted molar refractivity (Wildman–Crippen MR) is 109 cm³/mol. The van der Waals surface area contributed by atoms with E-state index in [2.05, 4.69) is 25.3 Å². The summed E-state index contributed by atoms with van der Waals surface area (Å²) in [6.07, 6.45) is -9.39. The maximum Gasteiger partial charge on any atom is 0.209 e. The highest BCUT2D eigenvalue weighted by Crippen LogP contribution is 2.25. The van der Waals surface area contributed by atoms with E-state index in [1.54, 1.807) is 0 Å². The molecule has 1 rings (SSSR count). The largest absolute Gasteiger partial charge is 0.394 e. The van der Waals surface area contributed by atoms with Gasteiger partial charge in [0.2, 0.25) is 12.6 Å². The lowest BCUT2D eigenvalue weighted by atomic mass is 10.00. The minimum absolute atomic E-state index is 0.0823. The molecular weight excluding hydrogens is 428 g/mol. The Labute approximate surface area is 181 Å².